The van der Waals surface area contributed by atoms with Gasteiger partial charge >= 0.3 is 5.97 Å². The average Bonchev–Trinajstić information content (AvgIpc) is 3.17. The lowest BCUT2D eigenvalue weighted by Crippen LogP contribution is -2.58. The third kappa shape index (κ3) is 8.21. The van der Waals surface area contributed by atoms with Crippen molar-refractivity contribution in [2.75, 3.05) is 21.2 Å². The van der Waals surface area contributed by atoms with E-state index in [9.17, 15) is 49.5 Å². The number of ketones is 4. The maximum atomic E-state index is 14.0. The quantitative estimate of drug-likeness (QED) is 0.145. The first-order valence-electron chi connectivity index (χ1n) is 20.4. The highest BCUT2D eigenvalue weighted by Gasteiger charge is 2.55. The zero-order valence-corrected chi connectivity index (χ0v) is 35.0. The van der Waals surface area contributed by atoms with Gasteiger partial charge in [-0.3, -0.25) is 24.0 Å². The van der Waals surface area contributed by atoms with Crippen molar-refractivity contribution < 1.29 is 82.7 Å². The number of carbonyl (C=O) groups excluding carboxylic acids is 5. The Bertz CT molecular complexity index is 2090. The van der Waals surface area contributed by atoms with Crippen LogP contribution in [0.25, 0.3) is 0 Å². The number of ether oxygens (including phenoxy) is 7. The van der Waals surface area contributed by atoms with Gasteiger partial charge in [0.15, 0.2) is 30.4 Å². The number of phenolic OH excluding ortho intramolecular Hbond substituents is 3. The Morgan fingerprint density at radius 3 is 2.05 bits per heavy atom. The van der Waals surface area contributed by atoms with E-state index in [-0.39, 0.29) is 29.8 Å². The standard InChI is InChI=1S/C43H53NO17/c1-17(45)15-43(54)16-28(32-21(36(43)42(53)55-7)12-22-33(38(32)51)39(52)35-26(48)9-8-25(47)34(35)37(22)50)59-30-13-23(44(5)6)40(19(3)57-30)61-31-14-27(49)41(20(4)58-31)60-29-11-10-24(46)18(2)56-29/h8-9,12,18-20,23,27-31,36,40-41,47-49,51,54H,10-11,13-16H2,1-7H3/t18-,19-,20-,23-,27-,28-,29-,30-,31-,36-,40+,41+,43+/m0/s1. The van der Waals surface area contributed by atoms with E-state index >= 15 is 0 Å². The van der Waals surface area contributed by atoms with E-state index < -0.39 is 155 Å². The number of nitrogens with zero attached hydrogens (tertiary/aromatic N) is 1. The van der Waals surface area contributed by atoms with Gasteiger partial charge < -0.3 is 63.6 Å². The van der Waals surface area contributed by atoms with Crippen molar-refractivity contribution >= 4 is 29.1 Å². The zero-order valence-electron chi connectivity index (χ0n) is 35.0. The number of carbonyl (C=O) groups is 5. The molecule has 61 heavy (non-hydrogen) atoms. The van der Waals surface area contributed by atoms with Crippen LogP contribution >= 0.6 is 0 Å². The molecule has 13 atom stereocenters. The van der Waals surface area contributed by atoms with Crippen molar-refractivity contribution in [3.05, 3.63) is 51.6 Å². The summed E-state index contributed by atoms with van der Waals surface area (Å²) < 4.78 is 42.4. The van der Waals surface area contributed by atoms with Gasteiger partial charge in [0, 0.05) is 55.7 Å². The van der Waals surface area contributed by atoms with Gasteiger partial charge in [0.05, 0.1) is 53.8 Å². The van der Waals surface area contributed by atoms with Gasteiger partial charge in [-0.1, -0.05) is 0 Å². The Balaban J connectivity index is 1.17. The van der Waals surface area contributed by atoms with Crippen LogP contribution < -0.4 is 0 Å². The molecule has 3 saturated heterocycles. The molecule has 0 amide bonds. The molecule has 2 aliphatic carbocycles. The van der Waals surface area contributed by atoms with Crippen LogP contribution in [0.1, 0.15) is 121 Å². The number of rotatable bonds is 10. The molecule has 18 heteroatoms. The van der Waals surface area contributed by atoms with Crippen LogP contribution in [0.2, 0.25) is 0 Å². The highest BCUT2D eigenvalue weighted by molar-refractivity contribution is 6.31. The molecule has 0 bridgehead atoms. The highest BCUT2D eigenvalue weighted by atomic mass is 16.7. The van der Waals surface area contributed by atoms with Crippen LogP contribution in [-0.2, 0) is 47.5 Å². The van der Waals surface area contributed by atoms with Crippen LogP contribution in [0.3, 0.4) is 0 Å². The third-order valence-corrected chi connectivity index (χ3v) is 12.5. The van der Waals surface area contributed by atoms with Crippen LogP contribution in [0.5, 0.6) is 17.2 Å². The van der Waals surface area contributed by atoms with E-state index in [2.05, 4.69) is 0 Å². The first kappa shape index (κ1) is 44.7. The normalized spacial score (nSPS) is 35.0. The lowest BCUT2D eigenvalue weighted by atomic mass is 9.66. The number of aliphatic hydroxyl groups excluding tert-OH is 1. The molecule has 332 valence electrons. The molecule has 0 radical (unpaired) electrons. The topological polar surface area (TPSA) is 254 Å². The minimum Gasteiger partial charge on any atom is -0.507 e. The van der Waals surface area contributed by atoms with Crippen molar-refractivity contribution in [3.63, 3.8) is 0 Å². The van der Waals surface area contributed by atoms with E-state index in [1.807, 2.05) is 19.0 Å². The zero-order chi connectivity index (χ0) is 44.4. The summed E-state index contributed by atoms with van der Waals surface area (Å²) in [6.07, 6.45) is -8.43. The molecule has 2 aromatic rings. The number of likely N-dealkylation sites (N-methyl/N-ethyl adjacent to an activating group) is 1. The first-order valence-corrected chi connectivity index (χ1v) is 20.4. The van der Waals surface area contributed by atoms with E-state index in [0.717, 1.165) is 25.3 Å². The van der Waals surface area contributed by atoms with Gasteiger partial charge in [-0.15, -0.1) is 0 Å². The maximum Gasteiger partial charge on any atom is 0.316 e. The van der Waals surface area contributed by atoms with Crippen LogP contribution in [0.4, 0.5) is 0 Å². The van der Waals surface area contributed by atoms with Gasteiger partial charge in [-0.05, 0) is 65.6 Å². The van der Waals surface area contributed by atoms with E-state index in [4.69, 9.17) is 33.2 Å². The fourth-order valence-corrected chi connectivity index (χ4v) is 9.59. The Morgan fingerprint density at radius 1 is 0.852 bits per heavy atom. The van der Waals surface area contributed by atoms with Crippen molar-refractivity contribution in [1.82, 2.24) is 4.90 Å². The minimum atomic E-state index is -2.18. The van der Waals surface area contributed by atoms with Gasteiger partial charge in [-0.2, -0.15) is 0 Å². The Hall–Kier alpha value is -4.37. The molecule has 0 aromatic heterocycles. The highest BCUT2D eigenvalue weighted by Crippen LogP contribution is 2.54. The predicted octanol–water partition coefficient (Wildman–Crippen LogP) is 2.43. The molecule has 3 fully saturated rings. The molecule has 2 aromatic carbocycles. The van der Waals surface area contributed by atoms with E-state index in [0.29, 0.717) is 12.8 Å². The summed E-state index contributed by atoms with van der Waals surface area (Å²) in [5, 5.41) is 56.7. The smallest absolute Gasteiger partial charge is 0.316 e. The number of phenols is 3. The number of esters is 1. The summed E-state index contributed by atoms with van der Waals surface area (Å²) in [7, 11) is 4.72. The lowest BCUT2D eigenvalue weighted by molar-refractivity contribution is -0.324. The molecule has 0 unspecified atom stereocenters. The fraction of sp³-hybridized carbons (Fsp3) is 0.605. The second-order valence-corrected chi connectivity index (χ2v) is 17.0. The predicted molar refractivity (Wildman–Crippen MR) is 208 cm³/mol. The van der Waals surface area contributed by atoms with E-state index in [1.54, 1.807) is 20.8 Å². The Kier molecular flexibility index (Phi) is 12.5. The van der Waals surface area contributed by atoms with Gasteiger partial charge in [-0.25, -0.2) is 0 Å². The summed E-state index contributed by atoms with van der Waals surface area (Å²) in [5.41, 5.74) is -4.44. The average molecular weight is 856 g/mol. The second-order valence-electron chi connectivity index (χ2n) is 17.0. The first-order chi connectivity index (χ1) is 28.7. The molecule has 3 heterocycles. The number of fused-ring (bicyclic) bond motifs is 3. The largest absolute Gasteiger partial charge is 0.507 e. The number of hydrogen-bond donors (Lipinski definition) is 5. The summed E-state index contributed by atoms with van der Waals surface area (Å²) in [4.78, 5) is 68.0. The number of methoxy groups -OCH3 is 1. The van der Waals surface area contributed by atoms with Crippen LogP contribution in [0, 0.1) is 0 Å². The Morgan fingerprint density at radius 2 is 1.46 bits per heavy atom. The number of hydrogen-bond acceptors (Lipinski definition) is 18. The van der Waals surface area contributed by atoms with Gasteiger partial charge in [0.1, 0.15) is 47.3 Å². The number of benzene rings is 2. The number of Topliss-reactive ketones (excluding diaryl/α,β-unsaturated/α-hetero) is 2. The molecule has 0 spiro atoms. The summed E-state index contributed by atoms with van der Waals surface area (Å²) >= 11 is 0. The second kappa shape index (κ2) is 17.1. The van der Waals surface area contributed by atoms with Gasteiger partial charge in [0.25, 0.3) is 0 Å². The van der Waals surface area contributed by atoms with Gasteiger partial charge in [0.2, 0.25) is 5.78 Å². The SMILES string of the molecule is COC(=O)[C@@H]1c2cc3c(c(O)c2[C@@H](O[C@H]2C[C@H](N(C)C)[C@H](O[C@H]4C[C@H](O)[C@H](O[C@H]5CCC(=O)[C@H](C)O5)[C@H](C)O4)[C@H](C)O2)C[C@]1(O)CC(C)=O)C(=O)c1c(O)ccc(O)c1C3=O. The van der Waals surface area contributed by atoms with Crippen molar-refractivity contribution in [2.24, 2.45) is 0 Å². The Labute approximate surface area is 351 Å². The third-order valence-electron chi connectivity index (χ3n) is 12.5. The molecule has 0 saturated carbocycles. The summed E-state index contributed by atoms with van der Waals surface area (Å²) in [6, 6.07) is 2.80. The minimum absolute atomic E-state index is 0.0132. The number of aromatic hydroxyl groups is 3. The fourth-order valence-electron chi connectivity index (χ4n) is 9.59. The molecule has 7 rings (SSSR count). The number of aliphatic hydroxyl groups is 2. The molecular formula is C43H53NO17. The maximum absolute atomic E-state index is 14.0. The van der Waals surface area contributed by atoms with Crippen LogP contribution in [0.15, 0.2) is 18.2 Å². The summed E-state index contributed by atoms with van der Waals surface area (Å²) in [5.74, 6) is -7.06. The monoisotopic (exact) mass is 855 g/mol. The van der Waals surface area contributed by atoms with Crippen molar-refractivity contribution in [2.45, 2.75) is 145 Å². The molecule has 5 N–H and O–H groups in total. The molecule has 5 aliphatic rings. The molecular weight excluding hydrogens is 802 g/mol. The summed E-state index contributed by atoms with van der Waals surface area (Å²) in [6.45, 7) is 6.38. The van der Waals surface area contributed by atoms with E-state index in [1.165, 1.54) is 6.92 Å². The van der Waals surface area contributed by atoms with Crippen LogP contribution in [-0.4, -0.2) is 148 Å². The molecule has 18 nitrogen and oxygen atoms in total. The lowest BCUT2D eigenvalue weighted by Gasteiger charge is -2.48. The van der Waals surface area contributed by atoms with Crippen molar-refractivity contribution in [3.8, 4) is 17.2 Å². The molecule has 3 aliphatic heterocycles. The van der Waals surface area contributed by atoms with Crippen molar-refractivity contribution in [1.29, 1.82) is 0 Å².